The summed E-state index contributed by atoms with van der Waals surface area (Å²) in [5.74, 6) is -0.235. The van der Waals surface area contributed by atoms with Crippen molar-refractivity contribution >= 4 is 43.2 Å². The normalized spacial score (nSPS) is 12.5. The monoisotopic (exact) mass is 492 g/mol. The molecule has 0 fully saturated rings. The van der Waals surface area contributed by atoms with Crippen LogP contribution in [0.2, 0.25) is 0 Å². The third kappa shape index (κ3) is 4.68. The SMILES string of the molecule is CCN(CC)S(=O)(=O)c1ccc(C(=O)N=c2sc3cc([N+](=O)[O-])cc(OC)c3n2CC)cc1. The number of aromatic nitrogens is 1. The summed E-state index contributed by atoms with van der Waals surface area (Å²) in [7, 11) is -2.21. The summed E-state index contributed by atoms with van der Waals surface area (Å²) in [5.41, 5.74) is 0.723. The molecule has 0 aliphatic heterocycles. The third-order valence-corrected chi connectivity index (χ3v) is 8.20. The Labute approximate surface area is 195 Å². The Kier molecular flexibility index (Phi) is 7.30. The van der Waals surface area contributed by atoms with E-state index in [-0.39, 0.29) is 16.1 Å². The fraction of sp³-hybridized carbons (Fsp3) is 0.333. The molecule has 0 aliphatic carbocycles. The number of hydrogen-bond acceptors (Lipinski definition) is 7. The zero-order valence-corrected chi connectivity index (χ0v) is 20.3. The van der Waals surface area contributed by atoms with E-state index in [4.69, 9.17) is 4.74 Å². The maximum Gasteiger partial charge on any atom is 0.279 e. The molecular weight excluding hydrogens is 468 g/mol. The van der Waals surface area contributed by atoms with E-state index in [0.717, 1.165) is 11.3 Å². The van der Waals surface area contributed by atoms with Gasteiger partial charge in [0.2, 0.25) is 10.0 Å². The Morgan fingerprint density at radius 2 is 1.82 bits per heavy atom. The number of ether oxygens (including phenoxy) is 1. The molecule has 0 atom stereocenters. The van der Waals surface area contributed by atoms with Gasteiger partial charge in [-0.3, -0.25) is 14.9 Å². The molecule has 0 N–H and O–H groups in total. The quantitative estimate of drug-likeness (QED) is 0.351. The molecule has 33 heavy (non-hydrogen) atoms. The first kappa shape index (κ1) is 24.6. The Hall–Kier alpha value is -3.09. The zero-order valence-electron chi connectivity index (χ0n) is 18.6. The van der Waals surface area contributed by atoms with Crippen molar-refractivity contribution < 1.29 is 22.9 Å². The number of thiazole rings is 1. The van der Waals surface area contributed by atoms with Crippen molar-refractivity contribution in [3.63, 3.8) is 0 Å². The minimum atomic E-state index is -3.63. The number of amides is 1. The van der Waals surface area contributed by atoms with Gasteiger partial charge in [0.15, 0.2) is 10.6 Å². The second-order valence-corrected chi connectivity index (χ2v) is 9.86. The largest absolute Gasteiger partial charge is 0.494 e. The van der Waals surface area contributed by atoms with Crippen molar-refractivity contribution in [3.05, 3.63) is 56.9 Å². The van der Waals surface area contributed by atoms with Crippen LogP contribution >= 0.6 is 11.3 Å². The summed E-state index contributed by atoms with van der Waals surface area (Å²) < 4.78 is 34.3. The number of hydrogen-bond donors (Lipinski definition) is 0. The molecule has 0 saturated carbocycles. The van der Waals surface area contributed by atoms with Gasteiger partial charge in [0, 0.05) is 31.3 Å². The van der Waals surface area contributed by atoms with Gasteiger partial charge in [-0.25, -0.2) is 8.42 Å². The summed E-state index contributed by atoms with van der Waals surface area (Å²) >= 11 is 1.14. The van der Waals surface area contributed by atoms with Crippen LogP contribution in [0.5, 0.6) is 5.75 Å². The first-order chi connectivity index (χ1) is 15.7. The van der Waals surface area contributed by atoms with E-state index in [0.29, 0.717) is 40.4 Å². The summed E-state index contributed by atoms with van der Waals surface area (Å²) in [4.78, 5) is 28.2. The van der Waals surface area contributed by atoms with Gasteiger partial charge in [0.25, 0.3) is 11.6 Å². The molecule has 2 aromatic carbocycles. The van der Waals surface area contributed by atoms with Crippen molar-refractivity contribution in [2.24, 2.45) is 4.99 Å². The van der Waals surface area contributed by atoms with Gasteiger partial charge in [0.1, 0.15) is 5.52 Å². The van der Waals surface area contributed by atoms with Crippen LogP contribution in [0.25, 0.3) is 10.2 Å². The predicted molar refractivity (Wildman–Crippen MR) is 125 cm³/mol. The summed E-state index contributed by atoms with van der Waals surface area (Å²) in [6.07, 6.45) is 0. The van der Waals surface area contributed by atoms with Gasteiger partial charge >= 0.3 is 0 Å². The maximum atomic E-state index is 12.8. The molecule has 1 heterocycles. The minimum Gasteiger partial charge on any atom is -0.494 e. The van der Waals surface area contributed by atoms with Crippen LogP contribution in [0.4, 0.5) is 5.69 Å². The van der Waals surface area contributed by atoms with Crippen LogP contribution in [0.15, 0.2) is 46.3 Å². The molecule has 0 aliphatic rings. The molecule has 1 amide bonds. The van der Waals surface area contributed by atoms with Crippen LogP contribution in [0.1, 0.15) is 31.1 Å². The van der Waals surface area contributed by atoms with Crippen LogP contribution in [-0.2, 0) is 16.6 Å². The average Bonchev–Trinajstić information content (AvgIpc) is 3.15. The lowest BCUT2D eigenvalue weighted by atomic mass is 10.2. The average molecular weight is 493 g/mol. The molecule has 10 nitrogen and oxygen atoms in total. The number of nitrogens with zero attached hydrogens (tertiary/aromatic N) is 4. The summed E-state index contributed by atoms with van der Waals surface area (Å²) in [6.45, 7) is 6.54. The van der Waals surface area contributed by atoms with Crippen LogP contribution in [0, 0.1) is 10.1 Å². The topological polar surface area (TPSA) is 124 Å². The number of nitro groups is 1. The molecule has 0 spiro atoms. The number of carbonyl (C=O) groups is 1. The fourth-order valence-electron chi connectivity index (χ4n) is 3.43. The van der Waals surface area contributed by atoms with E-state index in [1.807, 2.05) is 6.92 Å². The minimum absolute atomic E-state index is 0.102. The van der Waals surface area contributed by atoms with Crippen molar-refractivity contribution in [3.8, 4) is 5.75 Å². The zero-order chi connectivity index (χ0) is 24.3. The molecule has 3 aromatic rings. The lowest BCUT2D eigenvalue weighted by molar-refractivity contribution is -0.384. The molecule has 0 unspecified atom stereocenters. The van der Waals surface area contributed by atoms with Gasteiger partial charge in [-0.15, -0.1) is 0 Å². The van der Waals surface area contributed by atoms with Crippen LogP contribution < -0.4 is 9.54 Å². The predicted octanol–water partition coefficient (Wildman–Crippen LogP) is 3.41. The van der Waals surface area contributed by atoms with Gasteiger partial charge in [-0.1, -0.05) is 25.2 Å². The Balaban J connectivity index is 2.05. The van der Waals surface area contributed by atoms with Gasteiger partial charge < -0.3 is 9.30 Å². The number of benzene rings is 2. The fourth-order valence-corrected chi connectivity index (χ4v) is 6.03. The first-order valence-electron chi connectivity index (χ1n) is 10.2. The Morgan fingerprint density at radius 1 is 1.18 bits per heavy atom. The van der Waals surface area contributed by atoms with Crippen LogP contribution in [0.3, 0.4) is 0 Å². The van der Waals surface area contributed by atoms with Crippen LogP contribution in [-0.4, -0.2) is 48.3 Å². The number of fused-ring (bicyclic) bond motifs is 1. The van der Waals surface area contributed by atoms with Crippen molar-refractivity contribution in [1.82, 2.24) is 8.87 Å². The second kappa shape index (κ2) is 9.81. The van der Waals surface area contributed by atoms with E-state index in [2.05, 4.69) is 4.99 Å². The Bertz CT molecular complexity index is 1370. The maximum absolute atomic E-state index is 12.8. The van der Waals surface area contributed by atoms with Crippen molar-refractivity contribution in [2.45, 2.75) is 32.2 Å². The highest BCUT2D eigenvalue weighted by Crippen LogP contribution is 2.32. The number of nitro benzene ring substituents is 1. The lowest BCUT2D eigenvalue weighted by Crippen LogP contribution is -2.30. The number of carbonyl (C=O) groups excluding carboxylic acids is 1. The molecule has 3 rings (SSSR count). The number of methoxy groups -OCH3 is 1. The van der Waals surface area contributed by atoms with E-state index in [1.54, 1.807) is 18.4 Å². The third-order valence-electron chi connectivity index (χ3n) is 5.12. The highest BCUT2D eigenvalue weighted by molar-refractivity contribution is 7.89. The first-order valence-corrected chi connectivity index (χ1v) is 12.5. The molecule has 0 saturated heterocycles. The highest BCUT2D eigenvalue weighted by Gasteiger charge is 2.22. The summed E-state index contributed by atoms with van der Waals surface area (Å²) in [6, 6.07) is 8.39. The summed E-state index contributed by atoms with van der Waals surface area (Å²) in [5, 5.41) is 11.2. The molecule has 176 valence electrons. The molecule has 1 aromatic heterocycles. The number of aryl methyl sites for hydroxylation is 1. The van der Waals surface area contributed by atoms with Gasteiger partial charge in [-0.2, -0.15) is 9.30 Å². The molecular formula is C21H24N4O6S2. The van der Waals surface area contributed by atoms with Gasteiger partial charge in [0.05, 0.1) is 27.7 Å². The smallest absolute Gasteiger partial charge is 0.279 e. The molecule has 0 radical (unpaired) electrons. The highest BCUT2D eigenvalue weighted by atomic mass is 32.2. The van der Waals surface area contributed by atoms with E-state index in [9.17, 15) is 23.3 Å². The Morgan fingerprint density at radius 3 is 2.33 bits per heavy atom. The van der Waals surface area contributed by atoms with Crippen molar-refractivity contribution in [2.75, 3.05) is 20.2 Å². The van der Waals surface area contributed by atoms with E-state index >= 15 is 0 Å². The second-order valence-electron chi connectivity index (χ2n) is 6.91. The lowest BCUT2D eigenvalue weighted by Gasteiger charge is -2.18. The number of non-ortho nitro benzene ring substituents is 1. The van der Waals surface area contributed by atoms with Crippen molar-refractivity contribution in [1.29, 1.82) is 0 Å². The van der Waals surface area contributed by atoms with Gasteiger partial charge in [-0.05, 0) is 31.2 Å². The molecule has 0 bridgehead atoms. The van der Waals surface area contributed by atoms with E-state index in [1.165, 1.54) is 47.8 Å². The standard InChI is InChI=1S/C21H24N4O6S2/c1-5-23(6-2)33(29,30)16-10-8-14(9-11-16)20(26)22-21-24(7-3)19-17(31-4)12-15(25(27)28)13-18(19)32-21/h8-13H,5-7H2,1-4H3. The number of rotatable bonds is 8. The van der Waals surface area contributed by atoms with E-state index < -0.39 is 20.9 Å². The number of sulfonamides is 1. The molecule has 12 heteroatoms.